The van der Waals surface area contributed by atoms with E-state index in [2.05, 4.69) is 206 Å². The minimum atomic E-state index is 0.572. The fraction of sp³-hybridized carbons (Fsp3) is 0. The number of benzene rings is 10. The van der Waals surface area contributed by atoms with Crippen LogP contribution in [-0.4, -0.2) is 15.0 Å². The minimum absolute atomic E-state index is 0.572. The van der Waals surface area contributed by atoms with Crippen LogP contribution in [0.1, 0.15) is 0 Å². The average molecular weight is 804 g/mol. The van der Waals surface area contributed by atoms with Crippen molar-refractivity contribution in [2.24, 2.45) is 0 Å². The molecule has 294 valence electrons. The summed E-state index contributed by atoms with van der Waals surface area (Å²) >= 11 is 0. The molecule has 63 heavy (non-hydrogen) atoms. The van der Waals surface area contributed by atoms with Crippen molar-refractivity contribution in [3.05, 3.63) is 224 Å². The van der Waals surface area contributed by atoms with E-state index in [1.165, 1.54) is 16.5 Å². The highest BCUT2D eigenvalue weighted by Crippen LogP contribution is 2.43. The minimum Gasteiger partial charge on any atom is -0.455 e. The van der Waals surface area contributed by atoms with Crippen molar-refractivity contribution in [2.75, 3.05) is 0 Å². The van der Waals surface area contributed by atoms with Crippen LogP contribution in [0, 0.1) is 0 Å². The first-order valence-corrected chi connectivity index (χ1v) is 21.3. The van der Waals surface area contributed by atoms with Crippen LogP contribution >= 0.6 is 0 Å². The number of para-hydroxylation sites is 1. The second-order valence-corrected chi connectivity index (χ2v) is 15.9. The van der Waals surface area contributed by atoms with E-state index in [-0.39, 0.29) is 0 Å². The molecule has 0 unspecified atom stereocenters. The molecule has 0 saturated heterocycles. The van der Waals surface area contributed by atoms with Crippen molar-refractivity contribution >= 4 is 43.5 Å². The second kappa shape index (κ2) is 15.2. The molecule has 0 amide bonds. The first-order chi connectivity index (χ1) is 31.2. The lowest BCUT2D eigenvalue weighted by Crippen LogP contribution is -2.01. The van der Waals surface area contributed by atoms with Gasteiger partial charge < -0.3 is 4.42 Å². The van der Waals surface area contributed by atoms with E-state index < -0.39 is 0 Å². The Balaban J connectivity index is 1.11. The van der Waals surface area contributed by atoms with Gasteiger partial charge in [-0.05, 0) is 78.7 Å². The molecule has 0 aliphatic carbocycles. The fourth-order valence-electron chi connectivity index (χ4n) is 9.03. The Labute approximate surface area is 364 Å². The van der Waals surface area contributed by atoms with Crippen molar-refractivity contribution in [1.82, 2.24) is 15.0 Å². The van der Waals surface area contributed by atoms with Gasteiger partial charge in [-0.1, -0.05) is 206 Å². The van der Waals surface area contributed by atoms with E-state index in [0.29, 0.717) is 17.5 Å². The Bertz CT molecular complexity index is 3640. The molecule has 4 nitrogen and oxygen atoms in total. The zero-order valence-corrected chi connectivity index (χ0v) is 34.1. The van der Waals surface area contributed by atoms with Crippen molar-refractivity contribution in [3.63, 3.8) is 0 Å². The highest BCUT2D eigenvalue weighted by Gasteiger charge is 2.22. The van der Waals surface area contributed by atoms with Gasteiger partial charge in [0, 0.05) is 33.0 Å². The van der Waals surface area contributed by atoms with Crippen LogP contribution < -0.4 is 0 Å². The first-order valence-electron chi connectivity index (χ1n) is 21.3. The molecule has 0 spiro atoms. The van der Waals surface area contributed by atoms with E-state index in [1.54, 1.807) is 0 Å². The molecule has 10 aromatic carbocycles. The van der Waals surface area contributed by atoms with Crippen LogP contribution in [0.15, 0.2) is 229 Å². The average Bonchev–Trinajstić information content (AvgIpc) is 3.76. The first kappa shape index (κ1) is 36.4. The standard InChI is InChI=1S/C59H37N3O/c1-4-15-38(16-5-1)41-27-31-43(32-28-41)48-25-14-26-51-55-53(36-46(37-54(55)63-56(48)51)40-19-8-3-9-20-40)59-61-57(44-33-29-42(30-34-44)39-17-6-2-7-18-39)60-58(62-59)52-35-45-21-10-11-22-47(45)49-23-12-13-24-50(49)52/h1-37H. The number of fused-ring (bicyclic) bond motifs is 6. The maximum absolute atomic E-state index is 7.00. The van der Waals surface area contributed by atoms with Gasteiger partial charge >= 0.3 is 0 Å². The monoisotopic (exact) mass is 803 g/mol. The number of rotatable bonds is 7. The maximum Gasteiger partial charge on any atom is 0.164 e. The lowest BCUT2D eigenvalue weighted by molar-refractivity contribution is 0.670. The summed E-state index contributed by atoms with van der Waals surface area (Å²) in [5, 5.41) is 6.50. The number of furan rings is 1. The van der Waals surface area contributed by atoms with Crippen LogP contribution in [0.2, 0.25) is 0 Å². The van der Waals surface area contributed by atoms with Gasteiger partial charge in [0.1, 0.15) is 11.2 Å². The van der Waals surface area contributed by atoms with E-state index in [4.69, 9.17) is 19.4 Å². The molecule has 4 heteroatoms. The summed E-state index contributed by atoms with van der Waals surface area (Å²) in [5.41, 5.74) is 13.1. The smallest absolute Gasteiger partial charge is 0.164 e. The van der Waals surface area contributed by atoms with Crippen LogP contribution in [0.5, 0.6) is 0 Å². The van der Waals surface area contributed by atoms with Crippen molar-refractivity contribution in [2.45, 2.75) is 0 Å². The molecule has 0 saturated carbocycles. The van der Waals surface area contributed by atoms with Gasteiger partial charge in [-0.3, -0.25) is 0 Å². The predicted octanol–water partition coefficient (Wildman–Crippen LogP) is 15.7. The largest absolute Gasteiger partial charge is 0.455 e. The van der Waals surface area contributed by atoms with Crippen molar-refractivity contribution < 1.29 is 4.42 Å². The molecule has 0 bridgehead atoms. The topological polar surface area (TPSA) is 51.8 Å². The Kier molecular flexibility index (Phi) is 8.79. The van der Waals surface area contributed by atoms with E-state index in [0.717, 1.165) is 88.2 Å². The van der Waals surface area contributed by atoms with Gasteiger partial charge in [0.2, 0.25) is 0 Å². The number of nitrogens with zero attached hydrogens (tertiary/aromatic N) is 3. The Morgan fingerprint density at radius 2 is 0.746 bits per heavy atom. The van der Waals surface area contributed by atoms with Crippen LogP contribution in [0.25, 0.3) is 122 Å². The van der Waals surface area contributed by atoms with Gasteiger partial charge in [0.25, 0.3) is 0 Å². The summed E-state index contributed by atoms with van der Waals surface area (Å²) in [4.78, 5) is 16.1. The van der Waals surface area contributed by atoms with Gasteiger partial charge in [0.15, 0.2) is 17.5 Å². The molecule has 2 aromatic heterocycles. The third kappa shape index (κ3) is 6.53. The maximum atomic E-state index is 7.00. The highest BCUT2D eigenvalue weighted by atomic mass is 16.3. The molecule has 0 aliphatic heterocycles. The molecular weight excluding hydrogens is 767 g/mol. The third-order valence-corrected chi connectivity index (χ3v) is 12.1. The summed E-state index contributed by atoms with van der Waals surface area (Å²) in [6, 6.07) is 78.6. The third-order valence-electron chi connectivity index (χ3n) is 12.1. The predicted molar refractivity (Wildman–Crippen MR) is 260 cm³/mol. The molecule has 0 aliphatic rings. The zero-order chi connectivity index (χ0) is 41.7. The molecule has 0 atom stereocenters. The molecule has 0 fully saturated rings. The normalized spacial score (nSPS) is 11.5. The Hall–Kier alpha value is -8.47. The molecular formula is C59H37N3O. The lowest BCUT2D eigenvalue weighted by atomic mass is 9.95. The summed E-state index contributed by atoms with van der Waals surface area (Å²) < 4.78 is 7.00. The number of hydrogen-bond acceptors (Lipinski definition) is 4. The number of aromatic nitrogens is 3. The van der Waals surface area contributed by atoms with Gasteiger partial charge in [-0.15, -0.1) is 0 Å². The van der Waals surface area contributed by atoms with E-state index >= 15 is 0 Å². The second-order valence-electron chi connectivity index (χ2n) is 15.9. The van der Waals surface area contributed by atoms with Crippen molar-refractivity contribution in [3.8, 4) is 78.7 Å². The van der Waals surface area contributed by atoms with E-state index in [9.17, 15) is 0 Å². The number of hydrogen-bond donors (Lipinski definition) is 0. The summed E-state index contributed by atoms with van der Waals surface area (Å²) in [7, 11) is 0. The van der Waals surface area contributed by atoms with Gasteiger partial charge in [-0.25, -0.2) is 15.0 Å². The molecule has 2 heterocycles. The van der Waals surface area contributed by atoms with Gasteiger partial charge in [-0.2, -0.15) is 0 Å². The summed E-state index contributed by atoms with van der Waals surface area (Å²) in [5.74, 6) is 1.77. The molecule has 0 radical (unpaired) electrons. The van der Waals surface area contributed by atoms with E-state index in [1.807, 2.05) is 18.2 Å². The van der Waals surface area contributed by atoms with Crippen molar-refractivity contribution in [1.29, 1.82) is 0 Å². The lowest BCUT2D eigenvalue weighted by Gasteiger charge is -2.13. The summed E-state index contributed by atoms with van der Waals surface area (Å²) in [6.45, 7) is 0. The zero-order valence-electron chi connectivity index (χ0n) is 34.1. The van der Waals surface area contributed by atoms with Crippen LogP contribution in [-0.2, 0) is 0 Å². The molecule has 12 aromatic rings. The van der Waals surface area contributed by atoms with Crippen LogP contribution in [0.3, 0.4) is 0 Å². The Morgan fingerprint density at radius 3 is 1.40 bits per heavy atom. The highest BCUT2D eigenvalue weighted by molar-refractivity contribution is 6.16. The Morgan fingerprint density at radius 1 is 0.270 bits per heavy atom. The quantitative estimate of drug-likeness (QED) is 0.151. The molecule has 0 N–H and O–H groups in total. The van der Waals surface area contributed by atoms with Crippen LogP contribution in [0.4, 0.5) is 0 Å². The summed E-state index contributed by atoms with van der Waals surface area (Å²) in [6.07, 6.45) is 0. The SMILES string of the molecule is c1ccc(-c2ccc(-c3nc(-c4cc5ccccc5c5ccccc45)nc(-c4cc(-c5ccccc5)cc5oc6c(-c7ccc(-c8ccccc8)cc7)cccc6c45)n3)cc2)cc1. The fourth-order valence-corrected chi connectivity index (χ4v) is 9.03. The van der Waals surface area contributed by atoms with Gasteiger partial charge in [0.05, 0.1) is 0 Å². The molecule has 12 rings (SSSR count).